The second-order valence-corrected chi connectivity index (χ2v) is 26.3. The van der Waals surface area contributed by atoms with E-state index in [9.17, 15) is 41.8 Å². The van der Waals surface area contributed by atoms with Crippen molar-refractivity contribution in [2.24, 2.45) is 0 Å². The molecule has 0 unspecified atom stereocenters. The Labute approximate surface area is 614 Å². The topological polar surface area (TPSA) is 274 Å². The van der Waals surface area contributed by atoms with Crippen LogP contribution in [0.4, 0.5) is 30.7 Å². The smallest absolute Gasteiger partial charge is 0.430 e. The van der Waals surface area contributed by atoms with E-state index >= 15 is 8.78 Å². The number of aliphatic carboxylic acids is 1. The molecule has 10 aromatic rings. The van der Waals surface area contributed by atoms with Crippen LogP contribution in [0.15, 0.2) is 145 Å². The van der Waals surface area contributed by atoms with Crippen LogP contribution >= 0.6 is 22.7 Å². The molecule has 0 fully saturated rings. The van der Waals surface area contributed by atoms with Gasteiger partial charge in [0.2, 0.25) is 12.7 Å². The number of hydrogen-bond acceptors (Lipinski definition) is 18. The van der Waals surface area contributed by atoms with Crippen LogP contribution in [0.25, 0.3) is 22.5 Å². The van der Waals surface area contributed by atoms with Gasteiger partial charge in [-0.25, -0.2) is 36.7 Å². The minimum atomic E-state index is -5.19. The number of nitrogens with zero attached hydrogens (tertiary/aromatic N) is 10. The summed E-state index contributed by atoms with van der Waals surface area (Å²) in [6.45, 7) is 17.4. The minimum absolute atomic E-state index is 0. The number of aryl methyl sites for hydroxylation is 4. The number of rotatable bonds is 26. The second kappa shape index (κ2) is 36.5. The molecule has 0 saturated heterocycles. The number of halogens is 8. The van der Waals surface area contributed by atoms with E-state index in [0.29, 0.717) is 57.1 Å². The first-order valence-corrected chi connectivity index (χ1v) is 34.1. The number of thiazole rings is 2. The Morgan fingerprint density at radius 3 is 1.25 bits per heavy atom. The van der Waals surface area contributed by atoms with Gasteiger partial charge in [0, 0.05) is 67.2 Å². The molecule has 104 heavy (non-hydrogen) atoms. The largest absolute Gasteiger partial charge is 1.00 e. The Bertz CT molecular complexity index is 4380. The third-order valence-electron chi connectivity index (χ3n) is 16.5. The van der Waals surface area contributed by atoms with E-state index in [2.05, 4.69) is 33.0 Å². The lowest BCUT2D eigenvalue weighted by molar-refractivity contribution is -0.689. The number of carbonyl (C=O) groups is 3. The van der Waals surface area contributed by atoms with Crippen LogP contribution in [0.3, 0.4) is 0 Å². The van der Waals surface area contributed by atoms with Crippen LogP contribution in [0, 0.1) is 73.6 Å². The molecule has 6 aromatic carbocycles. The fraction of sp³-hybridized carbons (Fsp3) is 0.311. The van der Waals surface area contributed by atoms with Gasteiger partial charge in [0.15, 0.2) is 0 Å². The average molecular weight is 1540 g/mol. The predicted molar refractivity (Wildman–Crippen MR) is 365 cm³/mol. The Kier molecular flexibility index (Phi) is 28.5. The van der Waals surface area contributed by atoms with E-state index in [0.717, 1.165) is 94.7 Å². The van der Waals surface area contributed by atoms with Gasteiger partial charge in [-0.15, -0.1) is 32.0 Å². The highest BCUT2D eigenvalue weighted by atomic mass is 79.9. The van der Waals surface area contributed by atoms with E-state index in [1.807, 2.05) is 85.7 Å². The average Bonchev–Trinajstić information content (AvgIpc) is 0.835. The van der Waals surface area contributed by atoms with Gasteiger partial charge in [-0.2, -0.15) is 23.7 Å². The molecule has 0 radical (unpaired) electrons. The summed E-state index contributed by atoms with van der Waals surface area (Å²) in [5, 5.41) is 71.4. The van der Waals surface area contributed by atoms with Gasteiger partial charge >= 0.3 is 18.1 Å². The Morgan fingerprint density at radius 1 is 0.596 bits per heavy atom. The number of carboxylic acid groups (broad SMARTS) is 1. The highest BCUT2D eigenvalue weighted by Gasteiger charge is 2.45. The fourth-order valence-corrected chi connectivity index (χ4v) is 13.2. The maximum Gasteiger partial charge on any atom is 0.430 e. The van der Waals surface area contributed by atoms with Crippen LogP contribution in [-0.2, 0) is 51.8 Å². The van der Waals surface area contributed by atoms with Crippen LogP contribution in [0.5, 0.6) is 11.5 Å². The zero-order chi connectivity index (χ0) is 74.9. The highest BCUT2D eigenvalue weighted by Crippen LogP contribution is 2.44. The molecule has 0 amide bonds. The molecular weight excluding hydrogens is 1460 g/mol. The quantitative estimate of drug-likeness (QED) is 0.0133. The monoisotopic (exact) mass is 1530 g/mol. The van der Waals surface area contributed by atoms with E-state index in [1.165, 1.54) is 44.2 Å². The summed E-state index contributed by atoms with van der Waals surface area (Å²) in [6.07, 6.45) is 3.28. The molecule has 546 valence electrons. The van der Waals surface area contributed by atoms with E-state index in [-0.39, 0.29) is 66.2 Å². The molecule has 0 aliphatic carbocycles. The van der Waals surface area contributed by atoms with Crippen LogP contribution in [0.1, 0.15) is 118 Å². The number of hydrogen-bond donors (Lipinski definition) is 4. The van der Waals surface area contributed by atoms with Gasteiger partial charge in [0.25, 0.3) is 12.7 Å². The molecule has 4 aromatic heterocycles. The molecule has 0 aliphatic rings. The molecule has 0 bridgehead atoms. The lowest BCUT2D eigenvalue weighted by Gasteiger charge is -2.32. The molecule has 10 rings (SSSR count). The van der Waals surface area contributed by atoms with Crippen LogP contribution in [-0.4, -0.2) is 90.0 Å². The number of aliphatic hydroxyl groups is 2. The van der Waals surface area contributed by atoms with Gasteiger partial charge in [0.05, 0.1) is 70.8 Å². The summed E-state index contributed by atoms with van der Waals surface area (Å²) in [6, 6.07) is 32.2. The Morgan fingerprint density at radius 2 is 0.942 bits per heavy atom. The van der Waals surface area contributed by atoms with Crippen molar-refractivity contribution in [2.45, 2.75) is 124 Å². The lowest BCUT2D eigenvalue weighted by atomic mass is 9.82. The number of nitrogens with one attached hydrogen (secondary N) is 2. The highest BCUT2D eigenvalue weighted by molar-refractivity contribution is 7.10. The number of carbonyl (C=O) groups excluding carboxylic acids is 3. The third-order valence-corrected chi connectivity index (χ3v) is 18.6. The molecule has 20 nitrogen and oxygen atoms in total. The minimum Gasteiger partial charge on any atom is -1.00 e. The van der Waals surface area contributed by atoms with Crippen molar-refractivity contribution in [2.75, 3.05) is 26.2 Å². The SMILES string of the molecule is CCCNCC(=O)Oc1c(C)cc(C[n+]2cnn(C[C@](O)(c3ccc(F)cc3F)[C@@H](C)c3nc(-c4ccc(C#N)cc4)cs3)c2)cc1C.CCCNCC(=O)Oc1c(C)cc(C[n+]2cnn(C[C@](O)(c3ccc(F)cc3F)[C@@H](C)c3nc(-c4ccc(C#N)cc4)cs3)c2)cc1C.O=C([O-])C(F)(F)F.[Br-]. The number of nitriles is 2. The van der Waals surface area contributed by atoms with E-state index < -0.39 is 58.5 Å². The first kappa shape index (κ1) is 81.4. The molecule has 4 N–H and O–H groups in total. The van der Waals surface area contributed by atoms with Gasteiger partial charge in [-0.1, -0.05) is 64.1 Å². The molecule has 0 saturated carbocycles. The van der Waals surface area contributed by atoms with Crippen molar-refractivity contribution in [1.29, 1.82) is 10.5 Å². The molecule has 30 heteroatoms. The van der Waals surface area contributed by atoms with Crippen molar-refractivity contribution >= 4 is 40.6 Å². The van der Waals surface area contributed by atoms with Crippen molar-refractivity contribution < 1.29 is 96.0 Å². The maximum atomic E-state index is 15.3. The fourth-order valence-electron chi connectivity index (χ4n) is 11.3. The van der Waals surface area contributed by atoms with Gasteiger partial charge in [0.1, 0.15) is 65.0 Å². The number of carboxylic acids is 1. The summed E-state index contributed by atoms with van der Waals surface area (Å²) >= 11 is 2.64. The molecule has 4 heterocycles. The van der Waals surface area contributed by atoms with Crippen LogP contribution < -0.4 is 51.3 Å². The van der Waals surface area contributed by atoms with E-state index in [4.69, 9.17) is 39.9 Å². The maximum absolute atomic E-state index is 15.3. The van der Waals surface area contributed by atoms with Gasteiger partial charge < -0.3 is 57.2 Å². The Balaban J connectivity index is 0.000000264. The first-order valence-electron chi connectivity index (χ1n) is 32.4. The standard InChI is InChI=1S/2C36H37F2N6O3S.C2HF3O2.BrH/c2*1-5-12-40-17-33(45)47-34-23(2)13-27(14-24(34)3)18-43-21-41-44(22-43)20-36(46,30-11-10-29(37)15-31(30)38)25(4)35-42-32(19-48-35)28-8-6-26(16-39)7-9-28;3-2(4,5)1(6)7;/h2*6-11,13-15,19,21-22,25,40,46H,5,12,17-18,20H2,1-4H3;(H,6,7);1H/q2*+1;;/p-2/t2*25-,36+;;/m00../s1. The summed E-state index contributed by atoms with van der Waals surface area (Å²) in [5.41, 5.74) is 5.29. The van der Waals surface area contributed by atoms with Crippen LogP contribution in [0.2, 0.25) is 0 Å². The number of benzene rings is 6. The summed E-state index contributed by atoms with van der Waals surface area (Å²) in [4.78, 5) is 42.8. The second-order valence-electron chi connectivity index (χ2n) is 24.5. The number of alkyl halides is 3. The van der Waals surface area contributed by atoms with Gasteiger partial charge in [-0.05, 0) is 148 Å². The summed E-state index contributed by atoms with van der Waals surface area (Å²) in [7, 11) is 0. The van der Waals surface area contributed by atoms with Crippen molar-refractivity contribution in [3.05, 3.63) is 234 Å². The molecular formula is C74H74BrF7N12O8S2. The van der Waals surface area contributed by atoms with E-state index in [1.54, 1.807) is 87.7 Å². The van der Waals surface area contributed by atoms with Crippen molar-refractivity contribution in [3.63, 3.8) is 0 Å². The normalized spacial score (nSPS) is 12.9. The molecule has 0 aliphatic heterocycles. The lowest BCUT2D eigenvalue weighted by Crippen LogP contribution is -3.00. The molecule has 4 atom stereocenters. The first-order chi connectivity index (χ1) is 48.9. The summed E-state index contributed by atoms with van der Waals surface area (Å²) in [5.74, 6) is -7.31. The van der Waals surface area contributed by atoms with Crippen molar-refractivity contribution in [1.82, 2.24) is 40.2 Å². The predicted octanol–water partition coefficient (Wildman–Crippen LogP) is 7.71. The van der Waals surface area contributed by atoms with Gasteiger partial charge in [-0.3, -0.25) is 9.59 Å². The summed E-state index contributed by atoms with van der Waals surface area (Å²) < 4.78 is 108. The van der Waals surface area contributed by atoms with Crippen molar-refractivity contribution in [3.8, 4) is 46.2 Å². The molecule has 0 spiro atoms. The number of ether oxygens (including phenoxy) is 2. The Hall–Kier alpha value is -9.92. The zero-order valence-corrected chi connectivity index (χ0v) is 61.0. The number of esters is 2. The number of aromatic nitrogens is 8. The zero-order valence-electron chi connectivity index (χ0n) is 57.7. The third kappa shape index (κ3) is 21.1.